The summed E-state index contributed by atoms with van der Waals surface area (Å²) >= 11 is 8.15. The molecule has 0 aromatic rings. The van der Waals surface area contributed by atoms with Gasteiger partial charge in [0.25, 0.3) is 31.4 Å². The van der Waals surface area contributed by atoms with Gasteiger partial charge in [0.1, 0.15) is 0 Å². The second-order valence-corrected chi connectivity index (χ2v) is 21.6. The molecular weight excluding hydrogens is 853 g/mol. The smallest absolute Gasteiger partial charge is 0.279 e. The van der Waals surface area contributed by atoms with Crippen molar-refractivity contribution in [1.82, 2.24) is 31.9 Å². The number of hydrogen-bond acceptors (Lipinski definition) is 12. The summed E-state index contributed by atoms with van der Waals surface area (Å²) in [6.07, 6.45) is 16.7. The van der Waals surface area contributed by atoms with Crippen LogP contribution in [-0.4, -0.2) is 107 Å². The molecule has 334 valence electrons. The molecule has 6 unspecified atom stereocenters. The van der Waals surface area contributed by atoms with Crippen LogP contribution in [0.5, 0.6) is 0 Å². The summed E-state index contributed by atoms with van der Waals surface area (Å²) in [5.74, 6) is 8.22. The van der Waals surface area contributed by atoms with Gasteiger partial charge in [-0.1, -0.05) is 96.3 Å². The zero-order valence-electron chi connectivity index (χ0n) is 35.3. The fraction of sp³-hybridized carbons (Fsp3) is 0.850. The molecule has 0 spiro atoms. The summed E-state index contributed by atoms with van der Waals surface area (Å²) in [4.78, 5) is 72.0. The molecule has 12 nitrogen and oxygen atoms in total. The fourth-order valence-corrected chi connectivity index (χ4v) is 12.7. The van der Waals surface area contributed by atoms with Gasteiger partial charge in [-0.15, -0.1) is 0 Å². The summed E-state index contributed by atoms with van der Waals surface area (Å²) in [6.45, 7) is 1.31. The molecule has 6 N–H and O–H groups in total. The van der Waals surface area contributed by atoms with Gasteiger partial charge < -0.3 is 31.9 Å². The minimum Gasteiger partial charge on any atom is -0.350 e. The fourth-order valence-electron chi connectivity index (χ4n) is 8.06. The molecule has 18 heteroatoms. The van der Waals surface area contributed by atoms with Crippen molar-refractivity contribution in [1.29, 1.82) is 0 Å². The average molecular weight is 925 g/mol. The number of nitrogens with one attached hydrogen (secondary N) is 6. The Bertz CT molecular complexity index is 1130. The zero-order valence-corrected chi connectivity index (χ0v) is 40.2. The van der Waals surface area contributed by atoms with E-state index in [0.717, 1.165) is 137 Å². The first-order valence-corrected chi connectivity index (χ1v) is 27.2. The molecule has 0 bridgehead atoms. The summed E-state index contributed by atoms with van der Waals surface area (Å²) in [5.41, 5.74) is 0. The maximum absolute atomic E-state index is 12.6. The lowest BCUT2D eigenvalue weighted by Crippen LogP contribution is -2.27. The molecule has 6 atom stereocenters. The van der Waals surface area contributed by atoms with Crippen LogP contribution in [0.3, 0.4) is 0 Å². The topological polar surface area (TPSA) is 175 Å². The SMILES string of the molecule is CNC(=O)SCCC1CCC(CCSC(=O)NC)C(CCSC(=O)NCCCCCCNC(=O)SCCC2CC(CCSC(=O)NC)CCC2CCSC(=O)NC)C1. The van der Waals surface area contributed by atoms with E-state index in [1.807, 2.05) is 0 Å². The third-order valence-corrected chi connectivity index (χ3v) is 16.7. The van der Waals surface area contributed by atoms with Crippen LogP contribution < -0.4 is 31.9 Å². The van der Waals surface area contributed by atoms with Crippen molar-refractivity contribution >= 4 is 102 Å². The lowest BCUT2D eigenvalue weighted by Gasteiger charge is -2.36. The Hall–Kier alpha value is -1.08. The van der Waals surface area contributed by atoms with Crippen LogP contribution in [0.2, 0.25) is 0 Å². The number of rotatable bonds is 25. The molecule has 0 aliphatic heterocycles. The highest BCUT2D eigenvalue weighted by Crippen LogP contribution is 2.42. The first-order valence-electron chi connectivity index (χ1n) is 21.3. The molecule has 0 saturated heterocycles. The Morgan fingerprint density at radius 1 is 0.379 bits per heavy atom. The molecule has 2 rings (SSSR count). The maximum atomic E-state index is 12.6. The standard InChI is InChI=1S/C40H72N6O6S6/c1-41-35(47)53-21-13-29-9-11-31(15-23-55-37(49)43-3)33(27-29)17-25-57-39(51)45-19-7-5-6-8-20-46-40(52)58-26-18-34-28-30(14-22-54-36(48)42-2)10-12-32(34)16-24-56-38(50)44-4/h29-34H,5-28H2,1-4H3,(H,41,47)(H,42,48)(H,43,49)(H,44,50)(H,45,51)(H,46,52). The van der Waals surface area contributed by atoms with Gasteiger partial charge in [-0.25, -0.2) is 0 Å². The molecular formula is C40H72N6O6S6. The van der Waals surface area contributed by atoms with E-state index in [2.05, 4.69) is 31.9 Å². The molecule has 6 amide bonds. The first kappa shape index (κ1) is 53.1. The van der Waals surface area contributed by atoms with Gasteiger partial charge in [-0.05, 0) is 113 Å². The minimum atomic E-state index is 0.00916. The Balaban J connectivity index is 1.60. The Morgan fingerprint density at radius 2 is 0.672 bits per heavy atom. The van der Waals surface area contributed by atoms with Crippen LogP contribution >= 0.6 is 70.6 Å². The van der Waals surface area contributed by atoms with Crippen LogP contribution in [-0.2, 0) is 0 Å². The summed E-state index contributed by atoms with van der Waals surface area (Å²) < 4.78 is 0. The lowest BCUT2D eigenvalue weighted by atomic mass is 9.71. The number of thioether (sulfide) groups is 6. The van der Waals surface area contributed by atoms with Crippen molar-refractivity contribution in [2.24, 2.45) is 35.5 Å². The molecule has 2 saturated carbocycles. The second kappa shape index (κ2) is 33.5. The van der Waals surface area contributed by atoms with Gasteiger partial charge >= 0.3 is 0 Å². The lowest BCUT2D eigenvalue weighted by molar-refractivity contribution is 0.169. The Morgan fingerprint density at radius 3 is 1.00 bits per heavy atom. The van der Waals surface area contributed by atoms with E-state index < -0.39 is 0 Å². The highest BCUT2D eigenvalue weighted by Gasteiger charge is 2.31. The summed E-state index contributed by atoms with van der Waals surface area (Å²) in [5, 5.41) is 17.0. The number of hydrogen-bond donors (Lipinski definition) is 6. The van der Waals surface area contributed by atoms with Crippen molar-refractivity contribution in [2.45, 2.75) is 103 Å². The van der Waals surface area contributed by atoms with Crippen LogP contribution in [0.15, 0.2) is 0 Å². The predicted octanol–water partition coefficient (Wildman–Crippen LogP) is 10.1. The van der Waals surface area contributed by atoms with Crippen LogP contribution in [0.4, 0.5) is 28.8 Å². The number of carbonyl (C=O) groups is 6. The van der Waals surface area contributed by atoms with Crippen molar-refractivity contribution in [3.63, 3.8) is 0 Å². The van der Waals surface area contributed by atoms with E-state index >= 15 is 0 Å². The number of carbonyl (C=O) groups excluding carboxylic acids is 6. The first-order chi connectivity index (χ1) is 28.1. The number of amides is 6. The van der Waals surface area contributed by atoms with Crippen molar-refractivity contribution in [3.05, 3.63) is 0 Å². The van der Waals surface area contributed by atoms with E-state index in [1.54, 1.807) is 28.2 Å². The predicted molar refractivity (Wildman–Crippen MR) is 254 cm³/mol. The van der Waals surface area contributed by atoms with Gasteiger partial charge in [0.05, 0.1) is 0 Å². The van der Waals surface area contributed by atoms with Gasteiger partial charge in [0.2, 0.25) is 0 Å². The molecule has 0 radical (unpaired) electrons. The van der Waals surface area contributed by atoms with Crippen molar-refractivity contribution < 1.29 is 28.8 Å². The summed E-state index contributed by atoms with van der Waals surface area (Å²) in [6, 6.07) is 0. The average Bonchev–Trinajstić information content (AvgIpc) is 3.22. The highest BCUT2D eigenvalue weighted by atomic mass is 32.2. The third kappa shape index (κ3) is 25.0. The van der Waals surface area contributed by atoms with Crippen molar-refractivity contribution in [3.8, 4) is 0 Å². The quantitative estimate of drug-likeness (QED) is 0.0479. The molecule has 0 aromatic heterocycles. The molecule has 0 heterocycles. The Kier molecular flexibility index (Phi) is 30.7. The molecule has 2 fully saturated rings. The Labute approximate surface area is 374 Å². The normalized spacial score (nSPS) is 21.7. The molecule has 2 aliphatic carbocycles. The second-order valence-electron chi connectivity index (χ2n) is 15.2. The molecule has 2 aliphatic rings. The molecule has 0 aromatic carbocycles. The molecule has 58 heavy (non-hydrogen) atoms. The van der Waals surface area contributed by atoms with E-state index in [4.69, 9.17) is 0 Å². The van der Waals surface area contributed by atoms with Crippen molar-refractivity contribution in [2.75, 3.05) is 75.8 Å². The summed E-state index contributed by atoms with van der Waals surface area (Å²) in [7, 11) is 6.65. The van der Waals surface area contributed by atoms with E-state index in [0.29, 0.717) is 48.6 Å². The van der Waals surface area contributed by atoms with Gasteiger partial charge in [0.15, 0.2) is 0 Å². The minimum absolute atomic E-state index is 0.00916. The van der Waals surface area contributed by atoms with Gasteiger partial charge in [-0.2, -0.15) is 0 Å². The van der Waals surface area contributed by atoms with Gasteiger partial charge in [-0.3, -0.25) is 28.8 Å². The van der Waals surface area contributed by atoms with E-state index in [-0.39, 0.29) is 31.4 Å². The van der Waals surface area contributed by atoms with Crippen LogP contribution in [0.1, 0.15) is 103 Å². The number of unbranched alkanes of at least 4 members (excludes halogenated alkanes) is 3. The highest BCUT2D eigenvalue weighted by molar-refractivity contribution is 8.14. The maximum Gasteiger partial charge on any atom is 0.279 e. The van der Waals surface area contributed by atoms with Gasteiger partial charge in [0, 0.05) is 75.8 Å². The zero-order chi connectivity index (χ0) is 42.4. The van der Waals surface area contributed by atoms with E-state index in [9.17, 15) is 28.8 Å². The van der Waals surface area contributed by atoms with Crippen LogP contribution in [0.25, 0.3) is 0 Å². The third-order valence-electron chi connectivity index (χ3n) is 11.4. The largest absolute Gasteiger partial charge is 0.350 e. The monoisotopic (exact) mass is 924 g/mol. The van der Waals surface area contributed by atoms with Crippen LogP contribution in [0, 0.1) is 35.5 Å². The van der Waals surface area contributed by atoms with E-state index in [1.165, 1.54) is 70.6 Å².